The fourth-order valence-corrected chi connectivity index (χ4v) is 5.14. The highest BCUT2D eigenvalue weighted by atomic mass is 35.5. The molecule has 2 atom stereocenters. The molecule has 3 aromatic rings. The Morgan fingerprint density at radius 3 is 2.39 bits per heavy atom. The minimum absolute atomic E-state index is 0.00733. The third-order valence-electron chi connectivity index (χ3n) is 6.61. The Kier molecular flexibility index (Phi) is 5.52. The smallest absolute Gasteiger partial charge is 0.140 e. The molecule has 2 fully saturated rings. The number of fused-ring (bicyclic) bond motifs is 1. The van der Waals surface area contributed by atoms with Crippen molar-refractivity contribution in [2.75, 3.05) is 31.1 Å². The van der Waals surface area contributed by atoms with Crippen molar-refractivity contribution < 1.29 is 10.2 Å². The average Bonchev–Trinajstić information content (AvgIpc) is 3.15. The molecule has 6 nitrogen and oxygen atoms in total. The number of aliphatic hydroxyl groups excluding tert-OH is 1. The normalized spacial score (nSPS) is 24.1. The second-order valence-electron chi connectivity index (χ2n) is 8.47. The summed E-state index contributed by atoms with van der Waals surface area (Å²) in [5.41, 5.74) is 0.838. The summed E-state index contributed by atoms with van der Waals surface area (Å²) in [6.45, 7) is 2.62. The number of rotatable bonds is 3. The number of aliphatic hydroxyl groups is 2. The highest BCUT2D eigenvalue weighted by Crippen LogP contribution is 2.36. The fourth-order valence-electron chi connectivity index (χ4n) is 4.84. The molecule has 31 heavy (non-hydrogen) atoms. The summed E-state index contributed by atoms with van der Waals surface area (Å²) in [4.78, 5) is 13.2. The van der Waals surface area contributed by atoms with Gasteiger partial charge in [-0.3, -0.25) is 4.90 Å². The van der Waals surface area contributed by atoms with Crippen molar-refractivity contribution in [3.05, 3.63) is 64.4 Å². The van der Waals surface area contributed by atoms with E-state index in [-0.39, 0.29) is 6.04 Å². The van der Waals surface area contributed by atoms with Gasteiger partial charge in [0.15, 0.2) is 0 Å². The molecule has 0 amide bonds. The molecule has 8 heteroatoms. The predicted octanol–water partition coefficient (Wildman–Crippen LogP) is 3.47. The van der Waals surface area contributed by atoms with Gasteiger partial charge < -0.3 is 15.1 Å². The van der Waals surface area contributed by atoms with Gasteiger partial charge in [0.05, 0.1) is 23.3 Å². The van der Waals surface area contributed by atoms with Crippen LogP contribution in [0.1, 0.15) is 18.4 Å². The van der Waals surface area contributed by atoms with Crippen LogP contribution in [0.15, 0.2) is 48.8 Å². The third-order valence-corrected chi connectivity index (χ3v) is 7.10. The van der Waals surface area contributed by atoms with E-state index < -0.39 is 11.7 Å². The van der Waals surface area contributed by atoms with E-state index in [0.29, 0.717) is 36.0 Å². The largest absolute Gasteiger partial charge is 0.390 e. The summed E-state index contributed by atoms with van der Waals surface area (Å²) in [5, 5.41) is 24.2. The first-order valence-electron chi connectivity index (χ1n) is 10.5. The molecule has 0 radical (unpaired) electrons. The highest BCUT2D eigenvalue weighted by Gasteiger charge is 2.41. The van der Waals surface area contributed by atoms with E-state index in [1.165, 1.54) is 0 Å². The van der Waals surface area contributed by atoms with Crippen molar-refractivity contribution in [3.63, 3.8) is 0 Å². The lowest BCUT2D eigenvalue weighted by atomic mass is 9.84. The molecule has 2 aliphatic rings. The van der Waals surface area contributed by atoms with Crippen LogP contribution in [0.4, 0.5) is 5.82 Å². The Bertz CT molecular complexity index is 1090. The molecule has 1 aromatic heterocycles. The van der Waals surface area contributed by atoms with Crippen LogP contribution in [0.5, 0.6) is 0 Å². The van der Waals surface area contributed by atoms with E-state index in [1.54, 1.807) is 6.33 Å². The number of benzene rings is 2. The first-order valence-corrected chi connectivity index (χ1v) is 11.2. The molecular formula is C23H24Cl2N4O2. The zero-order valence-corrected chi connectivity index (χ0v) is 18.5. The maximum absolute atomic E-state index is 11.2. The van der Waals surface area contributed by atoms with Crippen LogP contribution in [0.25, 0.3) is 10.9 Å². The molecule has 0 saturated carbocycles. The number of hydrogen-bond donors (Lipinski definition) is 2. The number of β-amino-alcohol motifs (C(OH)–C–C–N with tert-alkyl or cyclic N) is 1. The number of likely N-dealkylation sites (tertiary alicyclic amines) is 1. The van der Waals surface area contributed by atoms with Crippen molar-refractivity contribution in [3.8, 4) is 0 Å². The van der Waals surface area contributed by atoms with Gasteiger partial charge in [0.1, 0.15) is 12.1 Å². The quantitative estimate of drug-likeness (QED) is 0.625. The molecule has 2 aliphatic heterocycles. The van der Waals surface area contributed by atoms with Crippen LogP contribution >= 0.6 is 23.2 Å². The monoisotopic (exact) mass is 458 g/mol. The van der Waals surface area contributed by atoms with E-state index in [1.807, 2.05) is 42.5 Å². The third kappa shape index (κ3) is 3.99. The molecule has 0 spiro atoms. The van der Waals surface area contributed by atoms with Crippen molar-refractivity contribution in [2.24, 2.45) is 0 Å². The molecule has 162 valence electrons. The van der Waals surface area contributed by atoms with E-state index in [0.717, 1.165) is 35.4 Å². The Hall–Kier alpha value is -1.96. The maximum Gasteiger partial charge on any atom is 0.140 e. The van der Waals surface area contributed by atoms with Crippen LogP contribution in [0.2, 0.25) is 10.0 Å². The van der Waals surface area contributed by atoms with Crippen LogP contribution in [0, 0.1) is 0 Å². The number of nitrogens with zero attached hydrogens (tertiary/aromatic N) is 4. The minimum atomic E-state index is -0.855. The molecule has 2 aromatic carbocycles. The van der Waals surface area contributed by atoms with Crippen LogP contribution in [-0.2, 0) is 5.60 Å². The van der Waals surface area contributed by atoms with Gasteiger partial charge in [-0.1, -0.05) is 35.3 Å². The lowest BCUT2D eigenvalue weighted by Crippen LogP contribution is -2.50. The summed E-state index contributed by atoms with van der Waals surface area (Å²) >= 11 is 12.1. The zero-order chi connectivity index (χ0) is 21.6. The van der Waals surface area contributed by atoms with Crippen molar-refractivity contribution >= 4 is 39.9 Å². The molecule has 3 heterocycles. The number of anilines is 1. The highest BCUT2D eigenvalue weighted by molar-refractivity contribution is 6.31. The molecule has 5 rings (SSSR count). The summed E-state index contributed by atoms with van der Waals surface area (Å²) in [5.74, 6) is 0.817. The van der Waals surface area contributed by atoms with Gasteiger partial charge in [-0.05, 0) is 48.7 Å². The van der Waals surface area contributed by atoms with Crippen molar-refractivity contribution in [1.82, 2.24) is 14.9 Å². The van der Waals surface area contributed by atoms with Gasteiger partial charge in [-0.15, -0.1) is 0 Å². The summed E-state index contributed by atoms with van der Waals surface area (Å²) in [6.07, 6.45) is 2.29. The maximum atomic E-state index is 11.2. The summed E-state index contributed by atoms with van der Waals surface area (Å²) < 4.78 is 0. The van der Waals surface area contributed by atoms with Gasteiger partial charge in [0, 0.05) is 41.6 Å². The van der Waals surface area contributed by atoms with Crippen LogP contribution < -0.4 is 4.90 Å². The molecule has 0 unspecified atom stereocenters. The van der Waals surface area contributed by atoms with Gasteiger partial charge in [-0.2, -0.15) is 0 Å². The summed E-state index contributed by atoms with van der Waals surface area (Å²) in [6, 6.07) is 13.0. The average molecular weight is 459 g/mol. The van der Waals surface area contributed by atoms with Gasteiger partial charge in [0.2, 0.25) is 0 Å². The number of halogens is 2. The first kappa shape index (κ1) is 20.9. The topological polar surface area (TPSA) is 72.7 Å². The Labute approximate surface area is 191 Å². The van der Waals surface area contributed by atoms with Crippen LogP contribution in [0.3, 0.4) is 0 Å². The number of aromatic nitrogens is 2. The zero-order valence-electron chi connectivity index (χ0n) is 17.0. The first-order chi connectivity index (χ1) is 14.9. The molecule has 2 N–H and O–H groups in total. The molecule has 2 saturated heterocycles. The lowest BCUT2D eigenvalue weighted by molar-refractivity contribution is -0.0450. The number of piperidine rings is 1. The van der Waals surface area contributed by atoms with E-state index in [9.17, 15) is 10.2 Å². The van der Waals surface area contributed by atoms with E-state index >= 15 is 0 Å². The Morgan fingerprint density at radius 1 is 0.935 bits per heavy atom. The number of hydrogen-bond acceptors (Lipinski definition) is 6. The van der Waals surface area contributed by atoms with Gasteiger partial charge >= 0.3 is 0 Å². The SMILES string of the molecule is O[C@H]1CN(c2ncnc3cc(Cl)ccc23)C[C@@H]1N1CCC(O)(c2ccc(Cl)cc2)CC1. The van der Waals surface area contributed by atoms with Gasteiger partial charge in [0.25, 0.3) is 0 Å². The molecular weight excluding hydrogens is 435 g/mol. The second-order valence-corrected chi connectivity index (χ2v) is 9.35. The van der Waals surface area contributed by atoms with Crippen LogP contribution in [-0.4, -0.2) is 63.4 Å². The lowest BCUT2D eigenvalue weighted by Gasteiger charge is -2.41. The fraction of sp³-hybridized carbons (Fsp3) is 0.391. The standard InChI is InChI=1S/C23H24Cl2N4O2/c24-16-3-1-15(2-4-16)23(31)7-9-28(10-8-23)20-12-29(13-21(20)30)22-18-6-5-17(25)11-19(18)26-14-27-22/h1-6,11,14,20-21,30-31H,7-10,12-13H2/t20-,21-/m0/s1. The predicted molar refractivity (Wildman–Crippen MR) is 123 cm³/mol. The minimum Gasteiger partial charge on any atom is -0.390 e. The van der Waals surface area contributed by atoms with Gasteiger partial charge in [-0.25, -0.2) is 9.97 Å². The summed E-state index contributed by atoms with van der Waals surface area (Å²) in [7, 11) is 0. The molecule has 0 bridgehead atoms. The second kappa shape index (κ2) is 8.19. The molecule has 0 aliphatic carbocycles. The van der Waals surface area contributed by atoms with Crippen molar-refractivity contribution in [1.29, 1.82) is 0 Å². The van der Waals surface area contributed by atoms with Crippen molar-refractivity contribution in [2.45, 2.75) is 30.6 Å². The van der Waals surface area contributed by atoms with E-state index in [2.05, 4.69) is 19.8 Å². The Balaban J connectivity index is 1.30. The Morgan fingerprint density at radius 2 is 1.65 bits per heavy atom. The van der Waals surface area contributed by atoms with E-state index in [4.69, 9.17) is 23.2 Å².